The van der Waals surface area contributed by atoms with E-state index in [-0.39, 0.29) is 6.61 Å². The molecule has 4 nitrogen and oxygen atoms in total. The van der Waals surface area contributed by atoms with Crippen LogP contribution in [0.2, 0.25) is 0 Å². The van der Waals surface area contributed by atoms with Crippen LogP contribution in [0.25, 0.3) is 0 Å². The Hall–Kier alpha value is -0.610. The summed E-state index contributed by atoms with van der Waals surface area (Å²) in [6, 6.07) is 0. The third-order valence-electron chi connectivity index (χ3n) is 2.24. The molecule has 4 heteroatoms. The first kappa shape index (κ1) is 13.4. The van der Waals surface area contributed by atoms with Crippen LogP contribution in [0.3, 0.4) is 0 Å². The summed E-state index contributed by atoms with van der Waals surface area (Å²) >= 11 is 0. The number of carboxylic acid groups (broad SMARTS) is 1. The van der Waals surface area contributed by atoms with E-state index in [9.17, 15) is 9.90 Å². The third-order valence-corrected chi connectivity index (χ3v) is 2.24. The molecular weight excluding hydrogens is 184 g/mol. The second kappa shape index (κ2) is 7.76. The van der Waals surface area contributed by atoms with Gasteiger partial charge in [0.2, 0.25) is 0 Å². The molecule has 0 bridgehead atoms. The molecule has 0 aromatic carbocycles. The normalized spacial score (nSPS) is 15.1. The van der Waals surface area contributed by atoms with E-state index in [0.717, 1.165) is 19.3 Å². The Morgan fingerprint density at radius 2 is 1.93 bits per heavy atom. The lowest BCUT2D eigenvalue weighted by molar-refractivity contribution is -0.142. The van der Waals surface area contributed by atoms with Gasteiger partial charge in [-0.1, -0.05) is 19.8 Å². The number of carboxylic acids is 1. The lowest BCUT2D eigenvalue weighted by Crippen LogP contribution is -2.18. The summed E-state index contributed by atoms with van der Waals surface area (Å²) in [5.41, 5.74) is 0. The van der Waals surface area contributed by atoms with E-state index in [1.807, 2.05) is 0 Å². The summed E-state index contributed by atoms with van der Waals surface area (Å²) in [5.74, 6) is -1.35. The fourth-order valence-electron chi connectivity index (χ4n) is 1.30. The van der Waals surface area contributed by atoms with Crippen molar-refractivity contribution in [2.24, 2.45) is 5.92 Å². The predicted octanol–water partition coefficient (Wildman–Crippen LogP) is 1.01. The quantitative estimate of drug-likeness (QED) is 0.516. The zero-order valence-electron chi connectivity index (χ0n) is 8.65. The van der Waals surface area contributed by atoms with E-state index < -0.39 is 18.0 Å². The Labute approximate surface area is 84.6 Å². The molecule has 0 saturated heterocycles. The van der Waals surface area contributed by atoms with Crippen LogP contribution >= 0.6 is 0 Å². The highest BCUT2D eigenvalue weighted by molar-refractivity contribution is 5.69. The Morgan fingerprint density at radius 1 is 1.29 bits per heavy atom. The number of unbranched alkanes of at least 4 members (excludes halogenated alkanes) is 2. The minimum Gasteiger partial charge on any atom is -0.481 e. The molecular formula is C10H20O4. The Morgan fingerprint density at radius 3 is 2.43 bits per heavy atom. The van der Waals surface area contributed by atoms with Crippen LogP contribution in [0.5, 0.6) is 0 Å². The van der Waals surface area contributed by atoms with Gasteiger partial charge in [-0.2, -0.15) is 0 Å². The molecule has 0 aromatic rings. The molecule has 0 heterocycles. The number of hydrogen-bond acceptors (Lipinski definition) is 3. The number of carbonyl (C=O) groups is 1. The van der Waals surface area contributed by atoms with Crippen LogP contribution in [0.4, 0.5) is 0 Å². The first-order chi connectivity index (χ1) is 6.57. The molecule has 2 atom stereocenters. The first-order valence-electron chi connectivity index (χ1n) is 5.09. The van der Waals surface area contributed by atoms with Gasteiger partial charge in [0, 0.05) is 6.61 Å². The van der Waals surface area contributed by atoms with Crippen LogP contribution < -0.4 is 0 Å². The van der Waals surface area contributed by atoms with Crippen molar-refractivity contribution in [1.82, 2.24) is 0 Å². The minimum atomic E-state index is -0.862. The smallest absolute Gasteiger partial charge is 0.306 e. The van der Waals surface area contributed by atoms with Crippen LogP contribution in [0.15, 0.2) is 0 Å². The number of hydrogen-bond donors (Lipinski definition) is 3. The highest BCUT2D eigenvalue weighted by Crippen LogP contribution is 2.12. The molecule has 2 unspecified atom stereocenters. The van der Waals surface area contributed by atoms with E-state index in [4.69, 9.17) is 10.2 Å². The maximum atomic E-state index is 10.5. The van der Waals surface area contributed by atoms with E-state index in [1.54, 1.807) is 6.92 Å². The van der Waals surface area contributed by atoms with Gasteiger partial charge < -0.3 is 15.3 Å². The summed E-state index contributed by atoms with van der Waals surface area (Å²) in [6.45, 7) is 1.78. The van der Waals surface area contributed by atoms with Gasteiger partial charge in [-0.15, -0.1) is 0 Å². The van der Waals surface area contributed by atoms with Crippen LogP contribution in [-0.4, -0.2) is 34.0 Å². The lowest BCUT2D eigenvalue weighted by atomic mass is 10.00. The highest BCUT2D eigenvalue weighted by atomic mass is 16.4. The lowest BCUT2D eigenvalue weighted by Gasteiger charge is -2.12. The van der Waals surface area contributed by atoms with Crippen LogP contribution in [0, 0.1) is 5.92 Å². The highest BCUT2D eigenvalue weighted by Gasteiger charge is 2.15. The average molecular weight is 204 g/mol. The molecule has 0 aliphatic rings. The summed E-state index contributed by atoms with van der Waals surface area (Å²) < 4.78 is 0. The van der Waals surface area contributed by atoms with Gasteiger partial charge in [0.1, 0.15) is 0 Å². The Balaban J connectivity index is 3.45. The number of aliphatic hydroxyl groups is 2. The topological polar surface area (TPSA) is 77.8 Å². The number of aliphatic hydroxyl groups excluding tert-OH is 2. The van der Waals surface area contributed by atoms with Crippen molar-refractivity contribution in [3.63, 3.8) is 0 Å². The second-order valence-corrected chi connectivity index (χ2v) is 3.70. The van der Waals surface area contributed by atoms with Crippen molar-refractivity contribution in [3.05, 3.63) is 0 Å². The van der Waals surface area contributed by atoms with E-state index in [2.05, 4.69) is 0 Å². The van der Waals surface area contributed by atoms with Gasteiger partial charge in [-0.05, 0) is 19.3 Å². The second-order valence-electron chi connectivity index (χ2n) is 3.70. The maximum Gasteiger partial charge on any atom is 0.306 e. The largest absolute Gasteiger partial charge is 0.481 e. The fourth-order valence-corrected chi connectivity index (χ4v) is 1.30. The van der Waals surface area contributed by atoms with Gasteiger partial charge in [0.15, 0.2) is 0 Å². The van der Waals surface area contributed by atoms with E-state index >= 15 is 0 Å². The zero-order valence-corrected chi connectivity index (χ0v) is 8.65. The molecule has 0 amide bonds. The van der Waals surface area contributed by atoms with Gasteiger partial charge in [0.05, 0.1) is 12.0 Å². The van der Waals surface area contributed by atoms with Gasteiger partial charge >= 0.3 is 5.97 Å². The third kappa shape index (κ3) is 6.86. The molecule has 3 N–H and O–H groups in total. The van der Waals surface area contributed by atoms with Crippen molar-refractivity contribution < 1.29 is 20.1 Å². The van der Waals surface area contributed by atoms with Crippen molar-refractivity contribution in [1.29, 1.82) is 0 Å². The number of aliphatic carboxylic acids is 1. The Bertz CT molecular complexity index is 158. The molecule has 14 heavy (non-hydrogen) atoms. The molecule has 0 rings (SSSR count). The monoisotopic (exact) mass is 204 g/mol. The number of rotatable bonds is 8. The fraction of sp³-hybridized carbons (Fsp3) is 0.900. The summed E-state index contributed by atoms with van der Waals surface area (Å²) in [5, 5.41) is 26.5. The van der Waals surface area contributed by atoms with E-state index in [1.165, 1.54) is 0 Å². The minimum absolute atomic E-state index is 0.182. The molecule has 84 valence electrons. The molecule has 0 saturated carbocycles. The van der Waals surface area contributed by atoms with Gasteiger partial charge in [-0.25, -0.2) is 0 Å². The summed E-state index contributed by atoms with van der Waals surface area (Å²) in [7, 11) is 0. The van der Waals surface area contributed by atoms with E-state index in [0.29, 0.717) is 12.8 Å². The molecule has 0 spiro atoms. The van der Waals surface area contributed by atoms with Gasteiger partial charge in [0.25, 0.3) is 0 Å². The van der Waals surface area contributed by atoms with Crippen LogP contribution in [-0.2, 0) is 4.79 Å². The van der Waals surface area contributed by atoms with Crippen molar-refractivity contribution in [3.8, 4) is 0 Å². The van der Waals surface area contributed by atoms with Gasteiger partial charge in [-0.3, -0.25) is 4.79 Å². The summed E-state index contributed by atoms with van der Waals surface area (Å²) in [6.07, 6.45) is 2.89. The molecule has 0 aliphatic carbocycles. The molecule has 0 aromatic heterocycles. The average Bonchev–Trinajstić information content (AvgIpc) is 2.12. The van der Waals surface area contributed by atoms with Crippen molar-refractivity contribution in [2.75, 3.05) is 6.61 Å². The zero-order chi connectivity index (χ0) is 11.0. The Kier molecular flexibility index (Phi) is 7.42. The SMILES string of the molecule is CC(CC(O)CCCCCO)C(=O)O. The molecule has 0 radical (unpaired) electrons. The molecule has 0 aliphatic heterocycles. The maximum absolute atomic E-state index is 10.5. The predicted molar refractivity (Wildman–Crippen MR) is 53.0 cm³/mol. The van der Waals surface area contributed by atoms with Crippen LogP contribution in [0.1, 0.15) is 39.0 Å². The standard InChI is InChI=1S/C10H20O4/c1-8(10(13)14)7-9(12)5-3-2-4-6-11/h8-9,11-12H,2-7H2,1H3,(H,13,14). The first-order valence-corrected chi connectivity index (χ1v) is 5.09. The van der Waals surface area contributed by atoms with Crippen molar-refractivity contribution >= 4 is 5.97 Å². The molecule has 0 fully saturated rings. The van der Waals surface area contributed by atoms with Crippen molar-refractivity contribution in [2.45, 2.75) is 45.1 Å². The summed E-state index contributed by atoms with van der Waals surface area (Å²) in [4.78, 5) is 10.5.